The molecule has 4 heteroatoms. The smallest absolute Gasteiger partial charge is 0.178 e. The van der Waals surface area contributed by atoms with E-state index in [9.17, 15) is 8.42 Å². The summed E-state index contributed by atoms with van der Waals surface area (Å²) in [5, 5.41) is 0. The van der Waals surface area contributed by atoms with Gasteiger partial charge in [0.2, 0.25) is 0 Å². The summed E-state index contributed by atoms with van der Waals surface area (Å²) in [6.07, 6.45) is 0.927. The lowest BCUT2D eigenvalue weighted by Gasteiger charge is -2.25. The molecule has 0 spiro atoms. The molecule has 3 nitrogen and oxygen atoms in total. The molecular weight excluding hydrogens is 224 g/mol. The number of rotatable bonds is 4. The number of aryl methyl sites for hydroxylation is 1. The predicted molar refractivity (Wildman–Crippen MR) is 62.2 cm³/mol. The zero-order valence-electron chi connectivity index (χ0n) is 9.35. The minimum absolute atomic E-state index is 0.177. The third-order valence-electron chi connectivity index (χ3n) is 2.85. The Morgan fingerprint density at radius 2 is 1.88 bits per heavy atom. The summed E-state index contributed by atoms with van der Waals surface area (Å²) in [5.41, 5.74) is 1.16. The van der Waals surface area contributed by atoms with Gasteiger partial charge in [0.1, 0.15) is 0 Å². The molecule has 1 fully saturated rings. The highest BCUT2D eigenvalue weighted by Crippen LogP contribution is 2.19. The number of benzene rings is 1. The van der Waals surface area contributed by atoms with E-state index >= 15 is 0 Å². The van der Waals surface area contributed by atoms with Crippen LogP contribution in [-0.4, -0.2) is 27.4 Å². The second-order valence-corrected chi connectivity index (χ2v) is 6.22. The third-order valence-corrected chi connectivity index (χ3v) is 4.75. The zero-order chi connectivity index (χ0) is 11.6. The molecule has 0 amide bonds. The Labute approximate surface area is 96.4 Å². The summed E-state index contributed by atoms with van der Waals surface area (Å²) in [6, 6.07) is 7.16. The van der Waals surface area contributed by atoms with Crippen molar-refractivity contribution in [3.8, 4) is 0 Å². The maximum atomic E-state index is 12.0. The molecule has 0 N–H and O–H groups in total. The Hall–Kier alpha value is -0.870. The minimum atomic E-state index is -3.13. The van der Waals surface area contributed by atoms with E-state index in [0.717, 1.165) is 12.0 Å². The van der Waals surface area contributed by atoms with Crippen LogP contribution in [0.25, 0.3) is 0 Å². The van der Waals surface area contributed by atoms with Gasteiger partial charge in [-0.1, -0.05) is 19.1 Å². The van der Waals surface area contributed by atoms with Crippen LogP contribution in [0.15, 0.2) is 29.2 Å². The Morgan fingerprint density at radius 3 is 2.31 bits per heavy atom. The van der Waals surface area contributed by atoms with Gasteiger partial charge in [-0.05, 0) is 24.1 Å². The van der Waals surface area contributed by atoms with Crippen LogP contribution in [0, 0.1) is 5.92 Å². The topological polar surface area (TPSA) is 43.4 Å². The highest BCUT2D eigenvalue weighted by molar-refractivity contribution is 7.91. The molecule has 1 saturated heterocycles. The van der Waals surface area contributed by atoms with Gasteiger partial charge >= 0.3 is 0 Å². The summed E-state index contributed by atoms with van der Waals surface area (Å²) in [5.74, 6) is 0.384. The van der Waals surface area contributed by atoms with Crippen molar-refractivity contribution in [2.24, 2.45) is 5.92 Å². The second-order valence-electron chi connectivity index (χ2n) is 4.18. The Kier molecular flexibility index (Phi) is 3.30. The van der Waals surface area contributed by atoms with Crippen molar-refractivity contribution in [1.82, 2.24) is 0 Å². The molecule has 0 aromatic heterocycles. The fraction of sp³-hybridized carbons (Fsp3) is 0.500. The Balaban J connectivity index is 2.14. The molecule has 1 aliphatic heterocycles. The Bertz CT molecular complexity index is 444. The number of hydrogen-bond donors (Lipinski definition) is 0. The molecule has 0 radical (unpaired) electrons. The van der Waals surface area contributed by atoms with Crippen LogP contribution in [-0.2, 0) is 21.0 Å². The first-order chi connectivity index (χ1) is 7.62. The van der Waals surface area contributed by atoms with Gasteiger partial charge in [0, 0.05) is 5.92 Å². The first-order valence-corrected chi connectivity index (χ1v) is 7.16. The molecule has 16 heavy (non-hydrogen) atoms. The van der Waals surface area contributed by atoms with Crippen LogP contribution < -0.4 is 0 Å². The van der Waals surface area contributed by atoms with Crippen LogP contribution >= 0.6 is 0 Å². The van der Waals surface area contributed by atoms with Crippen molar-refractivity contribution in [3.63, 3.8) is 0 Å². The molecule has 0 saturated carbocycles. The van der Waals surface area contributed by atoms with Crippen LogP contribution in [0.5, 0.6) is 0 Å². The average molecular weight is 240 g/mol. The van der Waals surface area contributed by atoms with Gasteiger partial charge in [-0.15, -0.1) is 0 Å². The molecule has 1 aromatic carbocycles. The standard InChI is InChI=1S/C12H16O3S/c1-2-10-3-5-12(6-4-10)16(13,14)9-11-7-15-8-11/h3-6,11H,2,7-9H2,1H3. The van der Waals surface area contributed by atoms with Crippen LogP contribution in [0.2, 0.25) is 0 Å². The molecule has 0 unspecified atom stereocenters. The summed E-state index contributed by atoms with van der Waals surface area (Å²) >= 11 is 0. The highest BCUT2D eigenvalue weighted by atomic mass is 32.2. The molecule has 0 bridgehead atoms. The fourth-order valence-electron chi connectivity index (χ4n) is 1.72. The van der Waals surface area contributed by atoms with Gasteiger partial charge in [-0.2, -0.15) is 0 Å². The number of ether oxygens (including phenoxy) is 1. The highest BCUT2D eigenvalue weighted by Gasteiger charge is 2.26. The van der Waals surface area contributed by atoms with Crippen LogP contribution in [0.3, 0.4) is 0 Å². The van der Waals surface area contributed by atoms with E-state index in [2.05, 4.69) is 6.92 Å². The average Bonchev–Trinajstić information content (AvgIpc) is 2.24. The van der Waals surface area contributed by atoms with Gasteiger partial charge in [0.25, 0.3) is 0 Å². The Morgan fingerprint density at radius 1 is 1.25 bits per heavy atom. The van der Waals surface area contributed by atoms with Crippen molar-refractivity contribution in [2.45, 2.75) is 18.2 Å². The van der Waals surface area contributed by atoms with E-state index in [1.54, 1.807) is 12.1 Å². The van der Waals surface area contributed by atoms with Crippen molar-refractivity contribution in [3.05, 3.63) is 29.8 Å². The van der Waals surface area contributed by atoms with Gasteiger partial charge in [-0.3, -0.25) is 0 Å². The maximum Gasteiger partial charge on any atom is 0.178 e. The van der Waals surface area contributed by atoms with Crippen molar-refractivity contribution in [1.29, 1.82) is 0 Å². The van der Waals surface area contributed by atoms with E-state index in [1.165, 1.54) is 0 Å². The molecular formula is C12H16O3S. The van der Waals surface area contributed by atoms with Crippen molar-refractivity contribution < 1.29 is 13.2 Å². The monoisotopic (exact) mass is 240 g/mol. The summed E-state index contributed by atoms with van der Waals surface area (Å²) in [4.78, 5) is 0.427. The number of sulfone groups is 1. The van der Waals surface area contributed by atoms with E-state index in [-0.39, 0.29) is 11.7 Å². The van der Waals surface area contributed by atoms with Crippen molar-refractivity contribution >= 4 is 9.84 Å². The SMILES string of the molecule is CCc1ccc(S(=O)(=O)CC2COC2)cc1. The quantitative estimate of drug-likeness (QED) is 0.804. The zero-order valence-corrected chi connectivity index (χ0v) is 10.2. The first-order valence-electron chi connectivity index (χ1n) is 5.51. The maximum absolute atomic E-state index is 12.0. The third kappa shape index (κ3) is 2.44. The molecule has 1 aromatic rings. The molecule has 1 aliphatic rings. The number of hydrogen-bond acceptors (Lipinski definition) is 3. The molecule has 0 aliphatic carbocycles. The molecule has 0 atom stereocenters. The summed E-state index contributed by atoms with van der Waals surface area (Å²) in [7, 11) is -3.13. The van der Waals surface area contributed by atoms with Gasteiger partial charge < -0.3 is 4.74 Å². The predicted octanol–water partition coefficient (Wildman–Crippen LogP) is 1.67. The fourth-order valence-corrected chi connectivity index (χ4v) is 3.28. The van der Waals surface area contributed by atoms with E-state index in [1.807, 2.05) is 12.1 Å². The van der Waals surface area contributed by atoms with E-state index in [4.69, 9.17) is 4.74 Å². The first kappa shape index (κ1) is 11.6. The lowest BCUT2D eigenvalue weighted by molar-refractivity contribution is -0.0204. The van der Waals surface area contributed by atoms with Gasteiger partial charge in [-0.25, -0.2) is 8.42 Å². The lowest BCUT2D eigenvalue weighted by atomic mass is 10.1. The van der Waals surface area contributed by atoms with Crippen LogP contribution in [0.1, 0.15) is 12.5 Å². The van der Waals surface area contributed by atoms with Gasteiger partial charge in [0.15, 0.2) is 9.84 Å². The normalized spacial score (nSPS) is 17.1. The molecule has 2 rings (SSSR count). The summed E-state index contributed by atoms with van der Waals surface area (Å²) in [6.45, 7) is 3.20. The summed E-state index contributed by atoms with van der Waals surface area (Å²) < 4.78 is 28.9. The van der Waals surface area contributed by atoms with Crippen molar-refractivity contribution in [2.75, 3.05) is 19.0 Å². The lowest BCUT2D eigenvalue weighted by Crippen LogP contribution is -2.33. The minimum Gasteiger partial charge on any atom is -0.381 e. The molecule has 88 valence electrons. The largest absolute Gasteiger partial charge is 0.381 e. The van der Waals surface area contributed by atoms with E-state index < -0.39 is 9.84 Å². The second kappa shape index (κ2) is 4.55. The van der Waals surface area contributed by atoms with E-state index in [0.29, 0.717) is 18.1 Å². The molecule has 1 heterocycles. The van der Waals surface area contributed by atoms with Gasteiger partial charge in [0.05, 0.1) is 23.9 Å². The van der Waals surface area contributed by atoms with Crippen LogP contribution in [0.4, 0.5) is 0 Å².